The second-order valence-electron chi connectivity index (χ2n) is 5.21. The van der Waals surface area contributed by atoms with Gasteiger partial charge in [-0.1, -0.05) is 0 Å². The standard InChI is InChI=1S/C15H22N2O3/c1-10(11-3-5-20-6-4-11)17-15(18)12-7-13(16)9-14(8-12)19-2/h7-11H,3-6,16H2,1-2H3,(H,17,18). The Bertz CT molecular complexity index is 470. The molecule has 1 aliphatic rings. The maximum Gasteiger partial charge on any atom is 0.251 e. The second kappa shape index (κ2) is 6.61. The molecule has 5 heteroatoms. The third-order valence-electron chi connectivity index (χ3n) is 3.76. The molecule has 1 saturated heterocycles. The van der Waals surface area contributed by atoms with Crippen LogP contribution < -0.4 is 15.8 Å². The zero-order valence-electron chi connectivity index (χ0n) is 12.0. The van der Waals surface area contributed by atoms with Crippen molar-refractivity contribution in [3.05, 3.63) is 23.8 Å². The Morgan fingerprint density at radius 3 is 2.75 bits per heavy atom. The highest BCUT2D eigenvalue weighted by atomic mass is 16.5. The minimum atomic E-state index is -0.116. The third-order valence-corrected chi connectivity index (χ3v) is 3.76. The molecule has 1 fully saturated rings. The maximum atomic E-state index is 12.3. The maximum absolute atomic E-state index is 12.3. The number of anilines is 1. The van der Waals surface area contributed by atoms with E-state index >= 15 is 0 Å². The zero-order valence-corrected chi connectivity index (χ0v) is 12.0. The van der Waals surface area contributed by atoms with Gasteiger partial charge in [-0.05, 0) is 37.8 Å². The highest BCUT2D eigenvalue weighted by Crippen LogP contribution is 2.21. The number of nitrogens with two attached hydrogens (primary N) is 1. The van der Waals surface area contributed by atoms with Crippen molar-refractivity contribution in [3.63, 3.8) is 0 Å². The predicted molar refractivity (Wildman–Crippen MR) is 77.9 cm³/mol. The molecule has 0 spiro atoms. The van der Waals surface area contributed by atoms with Crippen molar-refractivity contribution in [2.45, 2.75) is 25.8 Å². The number of carbonyl (C=O) groups excluding carboxylic acids is 1. The van der Waals surface area contributed by atoms with E-state index < -0.39 is 0 Å². The van der Waals surface area contributed by atoms with Crippen LogP contribution in [0.25, 0.3) is 0 Å². The van der Waals surface area contributed by atoms with Gasteiger partial charge in [0.2, 0.25) is 0 Å². The van der Waals surface area contributed by atoms with Crippen molar-refractivity contribution >= 4 is 11.6 Å². The lowest BCUT2D eigenvalue weighted by Crippen LogP contribution is -2.40. The molecule has 1 amide bonds. The molecule has 3 N–H and O–H groups in total. The first-order chi connectivity index (χ1) is 9.60. The van der Waals surface area contributed by atoms with Crippen LogP contribution in [0.3, 0.4) is 0 Å². The highest BCUT2D eigenvalue weighted by molar-refractivity contribution is 5.95. The van der Waals surface area contributed by atoms with E-state index in [1.54, 1.807) is 25.3 Å². The largest absolute Gasteiger partial charge is 0.497 e. The lowest BCUT2D eigenvalue weighted by atomic mass is 9.93. The van der Waals surface area contributed by atoms with E-state index in [0.29, 0.717) is 22.9 Å². The predicted octanol–water partition coefficient (Wildman–Crippen LogP) is 1.82. The van der Waals surface area contributed by atoms with Crippen LogP contribution in [-0.2, 0) is 4.74 Å². The van der Waals surface area contributed by atoms with Gasteiger partial charge in [-0.2, -0.15) is 0 Å². The van der Waals surface area contributed by atoms with Gasteiger partial charge in [0.05, 0.1) is 7.11 Å². The van der Waals surface area contributed by atoms with Gasteiger partial charge in [-0.25, -0.2) is 0 Å². The van der Waals surface area contributed by atoms with E-state index in [4.69, 9.17) is 15.2 Å². The average molecular weight is 278 g/mol. The molecule has 110 valence electrons. The number of ether oxygens (including phenoxy) is 2. The average Bonchev–Trinajstić information content (AvgIpc) is 2.47. The highest BCUT2D eigenvalue weighted by Gasteiger charge is 2.22. The number of nitrogens with one attached hydrogen (secondary N) is 1. The van der Waals surface area contributed by atoms with Crippen molar-refractivity contribution < 1.29 is 14.3 Å². The smallest absolute Gasteiger partial charge is 0.251 e. The van der Waals surface area contributed by atoms with Gasteiger partial charge in [-0.15, -0.1) is 0 Å². The monoisotopic (exact) mass is 278 g/mol. The summed E-state index contributed by atoms with van der Waals surface area (Å²) in [6, 6.07) is 5.18. The van der Waals surface area contributed by atoms with Crippen molar-refractivity contribution in [2.75, 3.05) is 26.1 Å². The Morgan fingerprint density at radius 1 is 1.40 bits per heavy atom. The second-order valence-corrected chi connectivity index (χ2v) is 5.21. The van der Waals surface area contributed by atoms with Crippen LogP contribution in [0.1, 0.15) is 30.1 Å². The molecule has 1 aromatic rings. The molecule has 1 atom stereocenters. The van der Waals surface area contributed by atoms with E-state index in [1.165, 1.54) is 0 Å². The van der Waals surface area contributed by atoms with Crippen molar-refractivity contribution in [1.82, 2.24) is 5.32 Å². The molecule has 2 rings (SSSR count). The first-order valence-corrected chi connectivity index (χ1v) is 6.93. The molecular weight excluding hydrogens is 256 g/mol. The number of rotatable bonds is 4. The van der Waals surface area contributed by atoms with Gasteiger partial charge in [0.25, 0.3) is 5.91 Å². The van der Waals surface area contributed by atoms with Crippen molar-refractivity contribution in [2.24, 2.45) is 5.92 Å². The van der Waals surface area contributed by atoms with Gasteiger partial charge in [0.1, 0.15) is 5.75 Å². The molecule has 20 heavy (non-hydrogen) atoms. The van der Waals surface area contributed by atoms with Crippen LogP contribution in [0.15, 0.2) is 18.2 Å². The quantitative estimate of drug-likeness (QED) is 0.824. The summed E-state index contributed by atoms with van der Waals surface area (Å²) in [4.78, 5) is 12.3. The molecule has 1 unspecified atom stereocenters. The Hall–Kier alpha value is -1.75. The molecular formula is C15H22N2O3. The molecule has 1 heterocycles. The number of carbonyl (C=O) groups is 1. The summed E-state index contributed by atoms with van der Waals surface area (Å²) in [5.74, 6) is 0.944. The van der Waals surface area contributed by atoms with E-state index in [1.807, 2.05) is 6.92 Å². The van der Waals surface area contributed by atoms with E-state index in [0.717, 1.165) is 26.1 Å². The summed E-state index contributed by atoms with van der Waals surface area (Å²) in [5, 5.41) is 3.04. The van der Waals surface area contributed by atoms with Crippen molar-refractivity contribution in [1.29, 1.82) is 0 Å². The summed E-state index contributed by atoms with van der Waals surface area (Å²) in [6.45, 7) is 3.59. The molecule has 0 aliphatic carbocycles. The van der Waals surface area contributed by atoms with Crippen LogP contribution in [0.5, 0.6) is 5.75 Å². The van der Waals surface area contributed by atoms with E-state index in [2.05, 4.69) is 5.32 Å². The van der Waals surface area contributed by atoms with Crippen LogP contribution in [0.4, 0.5) is 5.69 Å². The number of benzene rings is 1. The summed E-state index contributed by atoms with van der Waals surface area (Å²) >= 11 is 0. The summed E-state index contributed by atoms with van der Waals surface area (Å²) < 4.78 is 10.5. The summed E-state index contributed by atoms with van der Waals surface area (Å²) in [6.07, 6.45) is 1.98. The summed E-state index contributed by atoms with van der Waals surface area (Å²) in [7, 11) is 1.56. The number of methoxy groups -OCH3 is 1. The molecule has 1 aliphatic heterocycles. The fraction of sp³-hybridized carbons (Fsp3) is 0.533. The molecule has 0 radical (unpaired) electrons. The Morgan fingerprint density at radius 2 is 2.10 bits per heavy atom. The Kier molecular flexibility index (Phi) is 4.84. The van der Waals surface area contributed by atoms with Crippen LogP contribution >= 0.6 is 0 Å². The molecule has 0 aromatic heterocycles. The molecule has 0 bridgehead atoms. The fourth-order valence-electron chi connectivity index (χ4n) is 2.49. The van der Waals surface area contributed by atoms with Gasteiger partial charge in [-0.3, -0.25) is 4.79 Å². The number of amides is 1. The fourth-order valence-corrected chi connectivity index (χ4v) is 2.49. The van der Waals surface area contributed by atoms with Crippen LogP contribution in [-0.4, -0.2) is 32.3 Å². The molecule has 1 aromatic carbocycles. The zero-order chi connectivity index (χ0) is 14.5. The number of hydrogen-bond acceptors (Lipinski definition) is 4. The van der Waals surface area contributed by atoms with E-state index in [9.17, 15) is 4.79 Å². The lowest BCUT2D eigenvalue weighted by Gasteiger charge is -2.28. The number of hydrogen-bond donors (Lipinski definition) is 2. The first-order valence-electron chi connectivity index (χ1n) is 6.93. The first kappa shape index (κ1) is 14.7. The Balaban J connectivity index is 2.01. The normalized spacial score (nSPS) is 17.5. The van der Waals surface area contributed by atoms with Gasteiger partial charge < -0.3 is 20.5 Å². The van der Waals surface area contributed by atoms with Crippen LogP contribution in [0, 0.1) is 5.92 Å². The number of nitrogen functional groups attached to an aromatic ring is 1. The summed E-state index contributed by atoms with van der Waals surface area (Å²) in [5.41, 5.74) is 6.82. The van der Waals surface area contributed by atoms with E-state index in [-0.39, 0.29) is 11.9 Å². The SMILES string of the molecule is COc1cc(N)cc(C(=O)NC(C)C2CCOCC2)c1. The third kappa shape index (κ3) is 3.63. The minimum absolute atomic E-state index is 0.116. The van der Waals surface area contributed by atoms with Gasteiger partial charge in [0.15, 0.2) is 0 Å². The minimum Gasteiger partial charge on any atom is -0.497 e. The van der Waals surface area contributed by atoms with Crippen LogP contribution in [0.2, 0.25) is 0 Å². The van der Waals surface area contributed by atoms with Gasteiger partial charge >= 0.3 is 0 Å². The molecule has 0 saturated carbocycles. The topological polar surface area (TPSA) is 73.6 Å². The Labute approximate surface area is 119 Å². The van der Waals surface area contributed by atoms with Crippen molar-refractivity contribution in [3.8, 4) is 5.75 Å². The lowest BCUT2D eigenvalue weighted by molar-refractivity contribution is 0.0538. The van der Waals surface area contributed by atoms with Gasteiger partial charge in [0, 0.05) is 36.6 Å². The molecule has 5 nitrogen and oxygen atoms in total.